The van der Waals surface area contributed by atoms with Crippen LogP contribution < -0.4 is 47.9 Å². The summed E-state index contributed by atoms with van der Waals surface area (Å²) in [6.07, 6.45) is 18.9. The first kappa shape index (κ1) is 34.7. The summed E-state index contributed by atoms with van der Waals surface area (Å²) in [5, 5.41) is 23.3. The zero-order valence-electron chi connectivity index (χ0n) is 20.6. The average Bonchev–Trinajstić information content (AvgIpc) is 2.66. The Morgan fingerprint density at radius 3 is 0.967 bits per heavy atom. The molecule has 0 atom stereocenters. The van der Waals surface area contributed by atoms with Crippen molar-refractivity contribution in [2.24, 2.45) is 5.41 Å². The molecule has 0 bridgehead atoms. The van der Waals surface area contributed by atoms with Crippen molar-refractivity contribution < 1.29 is 57.5 Å². The van der Waals surface area contributed by atoms with Crippen molar-refractivity contribution in [3.63, 3.8) is 0 Å². The van der Waals surface area contributed by atoms with E-state index in [1.165, 1.54) is 57.8 Å². The SMILES string of the molecule is CCCCCCCCCCCCC(CCCCCCCCC)(C(=O)[O-])C(=O)[O-].[Li+].[Li+]. The van der Waals surface area contributed by atoms with Crippen molar-refractivity contribution in [2.75, 3.05) is 0 Å². The summed E-state index contributed by atoms with van der Waals surface area (Å²) in [6.45, 7) is 4.38. The molecule has 0 radical (unpaired) electrons. The Kier molecular flexibility index (Phi) is 27.6. The second kappa shape index (κ2) is 23.8. The van der Waals surface area contributed by atoms with Crippen LogP contribution >= 0.6 is 0 Å². The van der Waals surface area contributed by atoms with Crippen LogP contribution in [0.2, 0.25) is 0 Å². The summed E-state index contributed by atoms with van der Waals surface area (Å²) in [5.41, 5.74) is -1.80. The molecule has 0 aromatic heterocycles. The van der Waals surface area contributed by atoms with E-state index in [1.54, 1.807) is 0 Å². The molecule has 0 aliphatic carbocycles. The van der Waals surface area contributed by atoms with E-state index >= 15 is 0 Å². The van der Waals surface area contributed by atoms with E-state index in [-0.39, 0.29) is 50.6 Å². The van der Waals surface area contributed by atoms with Gasteiger partial charge in [-0.15, -0.1) is 0 Å². The number of carboxylic acids is 2. The number of rotatable bonds is 21. The van der Waals surface area contributed by atoms with Gasteiger partial charge in [0.2, 0.25) is 0 Å². The Balaban J connectivity index is -0.00000364. The normalized spacial score (nSPS) is 10.9. The molecule has 0 aliphatic heterocycles. The van der Waals surface area contributed by atoms with Gasteiger partial charge in [-0.3, -0.25) is 0 Å². The minimum atomic E-state index is -1.80. The van der Waals surface area contributed by atoms with Gasteiger partial charge < -0.3 is 19.8 Å². The van der Waals surface area contributed by atoms with Crippen LogP contribution in [-0.2, 0) is 9.59 Å². The number of carbonyl (C=O) groups excluding carboxylic acids is 2. The van der Waals surface area contributed by atoms with Gasteiger partial charge in [0.1, 0.15) is 0 Å². The van der Waals surface area contributed by atoms with Crippen molar-refractivity contribution in [2.45, 2.75) is 136 Å². The summed E-state index contributed by atoms with van der Waals surface area (Å²) in [7, 11) is 0. The Morgan fingerprint density at radius 2 is 0.733 bits per heavy atom. The first-order valence-electron chi connectivity index (χ1n) is 11.9. The fraction of sp³-hybridized carbons (Fsp3) is 0.917. The zero-order valence-corrected chi connectivity index (χ0v) is 20.6. The van der Waals surface area contributed by atoms with Crippen molar-refractivity contribution in [1.82, 2.24) is 0 Å². The van der Waals surface area contributed by atoms with E-state index in [9.17, 15) is 19.8 Å². The molecule has 0 amide bonds. The van der Waals surface area contributed by atoms with Gasteiger partial charge in [0.15, 0.2) is 0 Å². The fourth-order valence-corrected chi connectivity index (χ4v) is 3.91. The molecular weight excluding hydrogens is 366 g/mol. The van der Waals surface area contributed by atoms with Crippen LogP contribution in [0.3, 0.4) is 0 Å². The van der Waals surface area contributed by atoms with Gasteiger partial charge >= 0.3 is 37.7 Å². The Hall–Kier alpha value is 0.135. The number of aliphatic carboxylic acids is 2. The average molecular weight is 410 g/mol. The maximum absolute atomic E-state index is 11.6. The summed E-state index contributed by atoms with van der Waals surface area (Å²) < 4.78 is 0. The van der Waals surface area contributed by atoms with Crippen molar-refractivity contribution in [1.29, 1.82) is 0 Å². The first-order chi connectivity index (χ1) is 13.5. The number of unbranched alkanes of at least 4 members (excludes halogenated alkanes) is 15. The van der Waals surface area contributed by atoms with E-state index in [0.717, 1.165) is 38.5 Å². The summed E-state index contributed by atoms with van der Waals surface area (Å²) in [4.78, 5) is 23.3. The zero-order chi connectivity index (χ0) is 21.1. The molecule has 30 heavy (non-hydrogen) atoms. The van der Waals surface area contributed by atoms with Gasteiger partial charge in [0.05, 0.1) is 11.9 Å². The van der Waals surface area contributed by atoms with E-state index in [2.05, 4.69) is 13.8 Å². The molecule has 0 heterocycles. The van der Waals surface area contributed by atoms with Crippen LogP contribution in [0, 0.1) is 5.41 Å². The largest absolute Gasteiger partial charge is 1.00 e. The van der Waals surface area contributed by atoms with Crippen LogP contribution in [-0.4, -0.2) is 11.9 Å². The molecule has 0 saturated heterocycles. The van der Waals surface area contributed by atoms with Crippen molar-refractivity contribution in [3.05, 3.63) is 0 Å². The first-order valence-corrected chi connectivity index (χ1v) is 11.9. The molecule has 0 aliphatic rings. The third-order valence-electron chi connectivity index (χ3n) is 5.95. The Morgan fingerprint density at radius 1 is 0.500 bits per heavy atom. The molecule has 0 unspecified atom stereocenters. The smallest absolute Gasteiger partial charge is 0.549 e. The van der Waals surface area contributed by atoms with Crippen molar-refractivity contribution >= 4 is 11.9 Å². The number of carbonyl (C=O) groups is 2. The Bertz CT molecular complexity index is 389. The molecule has 6 heteroatoms. The fourth-order valence-electron chi connectivity index (χ4n) is 3.91. The monoisotopic (exact) mass is 410 g/mol. The second-order valence-electron chi connectivity index (χ2n) is 8.46. The molecule has 0 aromatic carbocycles. The van der Waals surface area contributed by atoms with Gasteiger partial charge in [0, 0.05) is 5.41 Å². The van der Waals surface area contributed by atoms with Crippen LogP contribution in [0.4, 0.5) is 0 Å². The van der Waals surface area contributed by atoms with Gasteiger partial charge in [-0.05, 0) is 12.8 Å². The van der Waals surface area contributed by atoms with E-state index in [0.29, 0.717) is 12.8 Å². The Labute approximate surface area is 210 Å². The van der Waals surface area contributed by atoms with Crippen LogP contribution in [0.5, 0.6) is 0 Å². The summed E-state index contributed by atoms with van der Waals surface area (Å²) in [5.74, 6) is -2.93. The number of hydrogen-bond acceptors (Lipinski definition) is 4. The molecule has 0 saturated carbocycles. The summed E-state index contributed by atoms with van der Waals surface area (Å²) in [6, 6.07) is 0. The minimum Gasteiger partial charge on any atom is -0.549 e. The van der Waals surface area contributed by atoms with Gasteiger partial charge in [0.25, 0.3) is 0 Å². The van der Waals surface area contributed by atoms with Gasteiger partial charge in [-0.2, -0.15) is 0 Å². The topological polar surface area (TPSA) is 80.3 Å². The van der Waals surface area contributed by atoms with E-state index in [4.69, 9.17) is 0 Å². The predicted molar refractivity (Wildman–Crippen MR) is 112 cm³/mol. The van der Waals surface area contributed by atoms with Crippen LogP contribution in [0.15, 0.2) is 0 Å². The maximum Gasteiger partial charge on any atom is 1.00 e. The number of carboxylic acid groups (broad SMARTS) is 2. The molecule has 166 valence electrons. The molecule has 0 rings (SSSR count). The van der Waals surface area contributed by atoms with Gasteiger partial charge in [-0.25, -0.2) is 0 Å². The summed E-state index contributed by atoms with van der Waals surface area (Å²) >= 11 is 0. The maximum atomic E-state index is 11.6. The van der Waals surface area contributed by atoms with Crippen molar-refractivity contribution in [3.8, 4) is 0 Å². The second-order valence-corrected chi connectivity index (χ2v) is 8.46. The molecular formula is C24H44Li2O4. The molecule has 0 aromatic rings. The minimum absolute atomic E-state index is 0. The van der Waals surface area contributed by atoms with Gasteiger partial charge in [-0.1, -0.05) is 123 Å². The van der Waals surface area contributed by atoms with Crippen LogP contribution in [0.25, 0.3) is 0 Å². The standard InChI is InChI=1S/C24H46O4.2Li/c1-3-5-7-9-11-12-13-15-17-19-21-24(22(25)26,23(27)28)20-18-16-14-10-8-6-4-2;;/h3-21H2,1-2H3,(H,25,26)(H,27,28);;/q;2*+1/p-2. The predicted octanol–water partition coefficient (Wildman–Crippen LogP) is -1.07. The number of hydrogen-bond donors (Lipinski definition) is 0. The quantitative estimate of drug-likeness (QED) is 0.137. The molecule has 4 nitrogen and oxygen atoms in total. The molecule has 0 fully saturated rings. The molecule has 0 N–H and O–H groups in total. The van der Waals surface area contributed by atoms with Crippen LogP contribution in [0.1, 0.15) is 136 Å². The third-order valence-corrected chi connectivity index (χ3v) is 5.95. The molecule has 0 spiro atoms. The van der Waals surface area contributed by atoms with E-state index in [1.807, 2.05) is 0 Å². The van der Waals surface area contributed by atoms with E-state index < -0.39 is 17.4 Å². The third kappa shape index (κ3) is 16.8.